The maximum Gasteiger partial charge on any atom is 0.226 e. The Kier molecular flexibility index (Phi) is 4.50. The van der Waals surface area contributed by atoms with Crippen LogP contribution in [0.3, 0.4) is 0 Å². The summed E-state index contributed by atoms with van der Waals surface area (Å²) >= 11 is 0. The SMILES string of the molecule is COc1ccccc1-c1noc(CCC2CCCNC2)n1. The highest BCUT2D eigenvalue weighted by molar-refractivity contribution is 5.63. The first kappa shape index (κ1) is 14.1. The number of benzene rings is 1. The van der Waals surface area contributed by atoms with Crippen LogP contribution in [0, 0.1) is 5.92 Å². The maximum atomic E-state index is 5.37. The molecular formula is C16H21N3O2. The molecule has 0 radical (unpaired) electrons. The Balaban J connectivity index is 1.65. The van der Waals surface area contributed by atoms with Crippen molar-refractivity contribution in [2.75, 3.05) is 20.2 Å². The Morgan fingerprint density at radius 3 is 3.10 bits per heavy atom. The number of piperidine rings is 1. The Labute approximate surface area is 124 Å². The van der Waals surface area contributed by atoms with Crippen LogP contribution in [0.5, 0.6) is 5.75 Å². The van der Waals surface area contributed by atoms with Gasteiger partial charge >= 0.3 is 0 Å². The maximum absolute atomic E-state index is 5.37. The van der Waals surface area contributed by atoms with Gasteiger partial charge in [0, 0.05) is 6.42 Å². The van der Waals surface area contributed by atoms with Gasteiger partial charge in [0.15, 0.2) is 0 Å². The average Bonchev–Trinajstić information content (AvgIpc) is 3.02. The van der Waals surface area contributed by atoms with Gasteiger partial charge in [-0.05, 0) is 50.4 Å². The van der Waals surface area contributed by atoms with Crippen LogP contribution in [0.2, 0.25) is 0 Å². The minimum absolute atomic E-state index is 0.601. The van der Waals surface area contributed by atoms with Crippen molar-refractivity contribution in [3.8, 4) is 17.1 Å². The highest BCUT2D eigenvalue weighted by Crippen LogP contribution is 2.27. The summed E-state index contributed by atoms with van der Waals surface area (Å²) < 4.78 is 10.7. The van der Waals surface area contributed by atoms with Crippen molar-refractivity contribution < 1.29 is 9.26 Å². The lowest BCUT2D eigenvalue weighted by Gasteiger charge is -2.21. The lowest BCUT2D eigenvalue weighted by atomic mass is 9.95. The number of ether oxygens (including phenoxy) is 1. The second-order valence-electron chi connectivity index (χ2n) is 5.46. The van der Waals surface area contributed by atoms with E-state index in [1.165, 1.54) is 12.8 Å². The summed E-state index contributed by atoms with van der Waals surface area (Å²) in [6.07, 6.45) is 4.50. The molecule has 1 aromatic carbocycles. The molecule has 1 N–H and O–H groups in total. The molecule has 1 unspecified atom stereocenters. The molecule has 0 aliphatic carbocycles. The normalized spacial score (nSPS) is 18.6. The van der Waals surface area contributed by atoms with Crippen molar-refractivity contribution >= 4 is 0 Å². The first-order valence-corrected chi connectivity index (χ1v) is 7.53. The predicted octanol–water partition coefficient (Wildman–Crippen LogP) is 2.68. The molecule has 1 aliphatic heterocycles. The zero-order valence-electron chi connectivity index (χ0n) is 12.3. The molecule has 0 spiro atoms. The number of nitrogens with one attached hydrogen (secondary N) is 1. The molecule has 1 saturated heterocycles. The van der Waals surface area contributed by atoms with E-state index in [0.717, 1.165) is 43.2 Å². The van der Waals surface area contributed by atoms with Crippen molar-refractivity contribution in [2.24, 2.45) is 5.92 Å². The second kappa shape index (κ2) is 6.72. The highest BCUT2D eigenvalue weighted by Gasteiger charge is 2.16. The third kappa shape index (κ3) is 3.42. The van der Waals surface area contributed by atoms with E-state index >= 15 is 0 Å². The van der Waals surface area contributed by atoms with E-state index in [4.69, 9.17) is 9.26 Å². The van der Waals surface area contributed by atoms with Crippen molar-refractivity contribution in [1.29, 1.82) is 0 Å². The van der Waals surface area contributed by atoms with Crippen LogP contribution in [0.25, 0.3) is 11.4 Å². The number of aromatic nitrogens is 2. The Morgan fingerprint density at radius 1 is 1.38 bits per heavy atom. The van der Waals surface area contributed by atoms with Gasteiger partial charge in [0.1, 0.15) is 5.75 Å². The molecule has 2 heterocycles. The molecular weight excluding hydrogens is 266 g/mol. The van der Waals surface area contributed by atoms with Gasteiger partial charge in [-0.25, -0.2) is 0 Å². The summed E-state index contributed by atoms with van der Waals surface area (Å²) in [7, 11) is 1.65. The monoisotopic (exact) mass is 287 g/mol. The lowest BCUT2D eigenvalue weighted by Crippen LogP contribution is -2.29. The molecule has 21 heavy (non-hydrogen) atoms. The molecule has 0 amide bonds. The number of hydrogen-bond donors (Lipinski definition) is 1. The second-order valence-corrected chi connectivity index (χ2v) is 5.46. The van der Waals surface area contributed by atoms with E-state index < -0.39 is 0 Å². The lowest BCUT2D eigenvalue weighted by molar-refractivity contribution is 0.327. The van der Waals surface area contributed by atoms with Crippen molar-refractivity contribution in [3.05, 3.63) is 30.2 Å². The van der Waals surface area contributed by atoms with Gasteiger partial charge in [0.05, 0.1) is 12.7 Å². The highest BCUT2D eigenvalue weighted by atomic mass is 16.5. The van der Waals surface area contributed by atoms with Crippen LogP contribution in [-0.4, -0.2) is 30.3 Å². The van der Waals surface area contributed by atoms with E-state index in [9.17, 15) is 0 Å². The molecule has 3 rings (SSSR count). The van der Waals surface area contributed by atoms with Gasteiger partial charge in [-0.1, -0.05) is 17.3 Å². The fourth-order valence-electron chi connectivity index (χ4n) is 2.79. The first-order chi connectivity index (χ1) is 10.4. The van der Waals surface area contributed by atoms with Crippen LogP contribution in [0.4, 0.5) is 0 Å². The van der Waals surface area contributed by atoms with Gasteiger partial charge in [-0.3, -0.25) is 0 Å². The van der Waals surface area contributed by atoms with Crippen LogP contribution < -0.4 is 10.1 Å². The number of para-hydroxylation sites is 1. The molecule has 5 nitrogen and oxygen atoms in total. The molecule has 0 saturated carbocycles. The summed E-state index contributed by atoms with van der Waals surface area (Å²) in [4.78, 5) is 4.50. The molecule has 1 fully saturated rings. The fraction of sp³-hybridized carbons (Fsp3) is 0.500. The van der Waals surface area contributed by atoms with Crippen molar-refractivity contribution in [1.82, 2.24) is 15.5 Å². The average molecular weight is 287 g/mol. The topological polar surface area (TPSA) is 60.2 Å². The third-order valence-corrected chi connectivity index (χ3v) is 3.98. The van der Waals surface area contributed by atoms with Gasteiger partial charge in [0.2, 0.25) is 11.7 Å². The molecule has 1 atom stereocenters. The molecule has 2 aromatic rings. The number of hydrogen-bond acceptors (Lipinski definition) is 5. The van der Waals surface area contributed by atoms with Gasteiger partial charge in [-0.15, -0.1) is 0 Å². The number of aryl methyl sites for hydroxylation is 1. The fourth-order valence-corrected chi connectivity index (χ4v) is 2.79. The van der Waals surface area contributed by atoms with E-state index in [0.29, 0.717) is 11.7 Å². The molecule has 1 aliphatic rings. The minimum atomic E-state index is 0.601. The number of rotatable bonds is 5. The van der Waals surface area contributed by atoms with E-state index in [1.807, 2.05) is 24.3 Å². The molecule has 1 aromatic heterocycles. The van der Waals surface area contributed by atoms with Gasteiger partial charge in [-0.2, -0.15) is 4.98 Å². The van der Waals surface area contributed by atoms with E-state index in [-0.39, 0.29) is 0 Å². The van der Waals surface area contributed by atoms with Crippen LogP contribution in [-0.2, 0) is 6.42 Å². The minimum Gasteiger partial charge on any atom is -0.496 e. The summed E-state index contributed by atoms with van der Waals surface area (Å²) in [6, 6.07) is 7.72. The van der Waals surface area contributed by atoms with Crippen molar-refractivity contribution in [2.45, 2.75) is 25.7 Å². The zero-order valence-corrected chi connectivity index (χ0v) is 12.3. The third-order valence-electron chi connectivity index (χ3n) is 3.98. The quantitative estimate of drug-likeness (QED) is 0.916. The largest absolute Gasteiger partial charge is 0.496 e. The summed E-state index contributed by atoms with van der Waals surface area (Å²) in [5, 5.41) is 7.51. The molecule has 0 bridgehead atoms. The van der Waals surface area contributed by atoms with Gasteiger partial charge in [0.25, 0.3) is 0 Å². The van der Waals surface area contributed by atoms with Crippen LogP contribution in [0.15, 0.2) is 28.8 Å². The van der Waals surface area contributed by atoms with Crippen molar-refractivity contribution in [3.63, 3.8) is 0 Å². The zero-order chi connectivity index (χ0) is 14.5. The predicted molar refractivity (Wildman–Crippen MR) is 80.2 cm³/mol. The summed E-state index contributed by atoms with van der Waals surface area (Å²) in [5.74, 6) is 2.80. The number of methoxy groups -OCH3 is 1. The standard InChI is InChI=1S/C16H21N3O2/c1-20-14-7-3-2-6-13(14)16-18-15(21-19-16)9-8-12-5-4-10-17-11-12/h2-3,6-7,12,17H,4-5,8-11H2,1H3. The molecule has 112 valence electrons. The van der Waals surface area contributed by atoms with E-state index in [2.05, 4.69) is 15.5 Å². The smallest absolute Gasteiger partial charge is 0.226 e. The Hall–Kier alpha value is -1.88. The van der Waals surface area contributed by atoms with Crippen LogP contribution in [0.1, 0.15) is 25.2 Å². The number of nitrogens with zero attached hydrogens (tertiary/aromatic N) is 2. The summed E-state index contributed by atoms with van der Waals surface area (Å²) in [6.45, 7) is 2.25. The Bertz CT molecular complexity index is 576. The van der Waals surface area contributed by atoms with Gasteiger partial charge < -0.3 is 14.6 Å². The van der Waals surface area contributed by atoms with E-state index in [1.54, 1.807) is 7.11 Å². The Morgan fingerprint density at radius 2 is 2.29 bits per heavy atom. The molecule has 5 heteroatoms. The first-order valence-electron chi connectivity index (χ1n) is 7.53. The summed E-state index contributed by atoms with van der Waals surface area (Å²) in [5.41, 5.74) is 0.870. The van der Waals surface area contributed by atoms with Crippen LogP contribution >= 0.6 is 0 Å².